The number of ketones is 1. The molecule has 0 aromatic rings. The van der Waals surface area contributed by atoms with Crippen molar-refractivity contribution < 1.29 is 9.59 Å². The van der Waals surface area contributed by atoms with Gasteiger partial charge >= 0.3 is 0 Å². The second-order valence-corrected chi connectivity index (χ2v) is 3.57. The fourth-order valence-corrected chi connectivity index (χ4v) is 1.51. The lowest BCUT2D eigenvalue weighted by molar-refractivity contribution is -0.123. The van der Waals surface area contributed by atoms with E-state index in [1.165, 1.54) is 0 Å². The van der Waals surface area contributed by atoms with E-state index in [4.69, 9.17) is 0 Å². The maximum absolute atomic E-state index is 10.9. The summed E-state index contributed by atoms with van der Waals surface area (Å²) >= 11 is 3.07. The summed E-state index contributed by atoms with van der Waals surface area (Å²) in [6, 6.07) is 0.216. The lowest BCUT2D eigenvalue weighted by Crippen LogP contribution is -2.38. The molecule has 4 heteroatoms. The molecule has 0 radical (unpaired) electrons. The van der Waals surface area contributed by atoms with Crippen LogP contribution in [0.25, 0.3) is 0 Å². The number of hydrogen-bond acceptors (Lipinski definition) is 2. The second-order valence-electron chi connectivity index (χ2n) is 3.01. The largest absolute Gasteiger partial charge is 0.353 e. The van der Waals surface area contributed by atoms with Gasteiger partial charge in [0.25, 0.3) is 0 Å². The molecule has 1 saturated carbocycles. The third kappa shape index (κ3) is 2.93. The number of rotatable bonds is 2. The van der Waals surface area contributed by atoms with Crippen molar-refractivity contribution in [3.63, 3.8) is 0 Å². The Hall–Kier alpha value is -0.380. The first kappa shape index (κ1) is 9.71. The van der Waals surface area contributed by atoms with Gasteiger partial charge in [0.2, 0.25) is 5.91 Å². The van der Waals surface area contributed by atoms with Crippen molar-refractivity contribution >= 4 is 27.6 Å². The van der Waals surface area contributed by atoms with Gasteiger partial charge < -0.3 is 5.32 Å². The summed E-state index contributed by atoms with van der Waals surface area (Å²) in [5, 5.41) is 3.20. The molecule has 0 heterocycles. The summed E-state index contributed by atoms with van der Waals surface area (Å²) in [5.41, 5.74) is 0. The van der Waals surface area contributed by atoms with Gasteiger partial charge in [-0.3, -0.25) is 9.59 Å². The lowest BCUT2D eigenvalue weighted by atomic mass is 9.94. The van der Waals surface area contributed by atoms with E-state index < -0.39 is 0 Å². The molecule has 1 aliphatic carbocycles. The van der Waals surface area contributed by atoms with E-state index in [2.05, 4.69) is 21.2 Å². The Kier molecular flexibility index (Phi) is 3.72. The van der Waals surface area contributed by atoms with E-state index >= 15 is 0 Å². The van der Waals surface area contributed by atoms with Crippen LogP contribution in [0.3, 0.4) is 0 Å². The highest BCUT2D eigenvalue weighted by atomic mass is 79.9. The summed E-state index contributed by atoms with van der Waals surface area (Å²) in [6.45, 7) is 0. The van der Waals surface area contributed by atoms with Crippen molar-refractivity contribution in [2.75, 3.05) is 5.33 Å². The monoisotopic (exact) mass is 233 g/mol. The van der Waals surface area contributed by atoms with E-state index in [0.717, 1.165) is 12.8 Å². The van der Waals surface area contributed by atoms with Crippen LogP contribution in [0.4, 0.5) is 0 Å². The summed E-state index contributed by atoms with van der Waals surface area (Å²) in [7, 11) is 0. The zero-order chi connectivity index (χ0) is 8.97. The summed E-state index contributed by atoms with van der Waals surface area (Å²) in [4.78, 5) is 21.8. The molecular weight excluding hydrogens is 222 g/mol. The van der Waals surface area contributed by atoms with Gasteiger partial charge in [-0.15, -0.1) is 0 Å². The number of Topliss-reactive ketones (excluding diaryl/α,β-unsaturated/α-hetero) is 1. The smallest absolute Gasteiger partial charge is 0.230 e. The maximum Gasteiger partial charge on any atom is 0.230 e. The number of halogens is 1. The second kappa shape index (κ2) is 4.60. The number of nitrogens with one attached hydrogen (secondary N) is 1. The van der Waals surface area contributed by atoms with Crippen LogP contribution in [-0.2, 0) is 9.59 Å². The fourth-order valence-electron chi connectivity index (χ4n) is 1.35. The molecule has 68 valence electrons. The number of alkyl halides is 1. The molecule has 0 aliphatic heterocycles. The van der Waals surface area contributed by atoms with Gasteiger partial charge in [0.05, 0.1) is 5.33 Å². The average Bonchev–Trinajstić information content (AvgIpc) is 2.09. The Balaban J connectivity index is 2.26. The minimum Gasteiger partial charge on any atom is -0.353 e. The molecule has 0 bridgehead atoms. The summed E-state index contributed by atoms with van der Waals surface area (Å²) in [5.74, 6) is 0.327. The third-order valence-corrected chi connectivity index (χ3v) is 2.54. The van der Waals surface area contributed by atoms with E-state index in [1.807, 2.05) is 0 Å². The lowest BCUT2D eigenvalue weighted by Gasteiger charge is -2.21. The van der Waals surface area contributed by atoms with Gasteiger partial charge in [-0.05, 0) is 12.8 Å². The van der Waals surface area contributed by atoms with Crippen molar-refractivity contribution in [1.82, 2.24) is 5.32 Å². The maximum atomic E-state index is 10.9. The third-order valence-electron chi connectivity index (χ3n) is 2.03. The van der Waals surface area contributed by atoms with Crippen molar-refractivity contribution in [2.45, 2.75) is 31.7 Å². The van der Waals surface area contributed by atoms with Crippen molar-refractivity contribution in [2.24, 2.45) is 0 Å². The van der Waals surface area contributed by atoms with Gasteiger partial charge in [-0.1, -0.05) is 15.9 Å². The van der Waals surface area contributed by atoms with Crippen LogP contribution in [0.2, 0.25) is 0 Å². The van der Waals surface area contributed by atoms with Crippen LogP contribution in [-0.4, -0.2) is 23.1 Å². The molecule has 1 rings (SSSR count). The van der Waals surface area contributed by atoms with Crippen LogP contribution >= 0.6 is 15.9 Å². The van der Waals surface area contributed by atoms with Crippen molar-refractivity contribution in [3.8, 4) is 0 Å². The SMILES string of the molecule is O=C1CCC(NC(=O)CBr)CC1. The predicted molar refractivity (Wildman–Crippen MR) is 49.2 cm³/mol. The zero-order valence-electron chi connectivity index (χ0n) is 6.81. The van der Waals surface area contributed by atoms with Crippen LogP contribution < -0.4 is 5.32 Å². The molecule has 1 fully saturated rings. The Morgan fingerprint density at radius 1 is 1.50 bits per heavy atom. The van der Waals surface area contributed by atoms with Crippen molar-refractivity contribution in [3.05, 3.63) is 0 Å². The predicted octanol–water partition coefficient (Wildman–Crippen LogP) is 1.01. The van der Waals surface area contributed by atoms with Crippen LogP contribution in [0.1, 0.15) is 25.7 Å². The highest BCUT2D eigenvalue weighted by molar-refractivity contribution is 9.09. The minimum atomic E-state index is 0.00866. The van der Waals surface area contributed by atoms with E-state index in [1.54, 1.807) is 0 Å². The molecule has 3 nitrogen and oxygen atoms in total. The quantitative estimate of drug-likeness (QED) is 0.724. The molecule has 1 amide bonds. The topological polar surface area (TPSA) is 46.2 Å². The number of carbonyl (C=O) groups excluding carboxylic acids is 2. The highest BCUT2D eigenvalue weighted by Gasteiger charge is 2.19. The van der Waals surface area contributed by atoms with Gasteiger partial charge in [-0.2, -0.15) is 0 Å². The Bertz CT molecular complexity index is 183. The Morgan fingerprint density at radius 3 is 2.58 bits per heavy atom. The van der Waals surface area contributed by atoms with Crippen LogP contribution in [0, 0.1) is 0 Å². The highest BCUT2D eigenvalue weighted by Crippen LogP contribution is 2.14. The van der Waals surface area contributed by atoms with Crippen molar-refractivity contribution in [1.29, 1.82) is 0 Å². The molecule has 1 aliphatic rings. The summed E-state index contributed by atoms with van der Waals surface area (Å²) in [6.07, 6.45) is 2.84. The van der Waals surface area contributed by atoms with Gasteiger partial charge in [0.1, 0.15) is 5.78 Å². The molecule has 0 spiro atoms. The number of hydrogen-bond donors (Lipinski definition) is 1. The molecular formula is C8H12BrNO2. The first-order valence-corrected chi connectivity index (χ1v) is 5.21. The molecule has 1 N–H and O–H groups in total. The number of carbonyl (C=O) groups is 2. The molecule has 0 unspecified atom stereocenters. The number of amides is 1. The van der Waals surface area contributed by atoms with Gasteiger partial charge in [0.15, 0.2) is 0 Å². The van der Waals surface area contributed by atoms with E-state index in [-0.39, 0.29) is 11.9 Å². The molecule has 0 saturated heterocycles. The zero-order valence-corrected chi connectivity index (χ0v) is 8.39. The Morgan fingerprint density at radius 2 is 2.08 bits per heavy atom. The van der Waals surface area contributed by atoms with Crippen LogP contribution in [0.15, 0.2) is 0 Å². The average molecular weight is 234 g/mol. The Labute approximate surface area is 80.0 Å². The van der Waals surface area contributed by atoms with E-state index in [9.17, 15) is 9.59 Å². The fraction of sp³-hybridized carbons (Fsp3) is 0.750. The molecule has 0 atom stereocenters. The normalized spacial score (nSPS) is 19.2. The first-order chi connectivity index (χ1) is 5.72. The van der Waals surface area contributed by atoms with Crippen LogP contribution in [0.5, 0.6) is 0 Å². The summed E-state index contributed by atoms with van der Waals surface area (Å²) < 4.78 is 0. The standard InChI is InChI=1S/C8H12BrNO2/c9-5-8(12)10-6-1-3-7(11)4-2-6/h6H,1-5H2,(H,10,12). The first-order valence-electron chi connectivity index (χ1n) is 4.09. The minimum absolute atomic E-state index is 0.00866. The van der Waals surface area contributed by atoms with Gasteiger partial charge in [-0.25, -0.2) is 0 Å². The molecule has 12 heavy (non-hydrogen) atoms. The van der Waals surface area contributed by atoms with Gasteiger partial charge in [0, 0.05) is 18.9 Å². The molecule has 0 aromatic heterocycles. The van der Waals surface area contributed by atoms with E-state index in [0.29, 0.717) is 24.0 Å². The molecule has 0 aromatic carbocycles.